The molecule has 0 atom stereocenters. The first-order valence-corrected chi connectivity index (χ1v) is 10.4. The van der Waals surface area contributed by atoms with E-state index in [0.29, 0.717) is 13.0 Å². The first-order valence-electron chi connectivity index (χ1n) is 8.52. The Hall–Kier alpha value is -2.09. The van der Waals surface area contributed by atoms with E-state index in [0.717, 1.165) is 16.8 Å². The SMILES string of the molecule is CCCNS(=O)(=O)c1ccc(OCC(=O)Nc2c(C)cccc2C)c(Cl)c1. The molecular weight excluding hydrogens is 388 g/mol. The number of carbonyl (C=O) groups is 1. The van der Waals surface area contributed by atoms with Crippen LogP contribution in [0.4, 0.5) is 5.69 Å². The standard InChI is InChI=1S/C19H23ClN2O4S/c1-4-10-21-27(24,25)15-8-9-17(16(20)11-15)26-12-18(23)22-19-13(2)6-5-7-14(19)3/h5-9,11,21H,4,10,12H2,1-3H3,(H,22,23). The van der Waals surface area contributed by atoms with Gasteiger partial charge in [0.25, 0.3) is 5.91 Å². The first kappa shape index (κ1) is 21.2. The van der Waals surface area contributed by atoms with Crippen LogP contribution in [0.15, 0.2) is 41.3 Å². The molecular formula is C19H23ClN2O4S. The highest BCUT2D eigenvalue weighted by molar-refractivity contribution is 7.89. The Morgan fingerprint density at radius 3 is 2.41 bits per heavy atom. The molecule has 8 heteroatoms. The van der Waals surface area contributed by atoms with Gasteiger partial charge in [-0.3, -0.25) is 4.79 Å². The number of rotatable bonds is 8. The molecule has 0 aliphatic carbocycles. The molecule has 2 N–H and O–H groups in total. The number of aryl methyl sites for hydroxylation is 2. The van der Waals surface area contributed by atoms with Gasteiger partial charge in [0.1, 0.15) is 5.75 Å². The molecule has 2 aromatic carbocycles. The minimum Gasteiger partial charge on any atom is -0.482 e. The number of carbonyl (C=O) groups excluding carboxylic acids is 1. The molecule has 2 aromatic rings. The van der Waals surface area contributed by atoms with E-state index < -0.39 is 10.0 Å². The van der Waals surface area contributed by atoms with Crippen molar-refractivity contribution in [3.8, 4) is 5.75 Å². The van der Waals surface area contributed by atoms with E-state index in [1.807, 2.05) is 39.0 Å². The molecule has 0 radical (unpaired) electrons. The van der Waals surface area contributed by atoms with Crippen LogP contribution in [-0.2, 0) is 14.8 Å². The van der Waals surface area contributed by atoms with E-state index >= 15 is 0 Å². The van der Waals surface area contributed by atoms with Gasteiger partial charge in [-0.15, -0.1) is 0 Å². The molecule has 0 fully saturated rings. The van der Waals surface area contributed by atoms with Gasteiger partial charge in [0, 0.05) is 12.2 Å². The Morgan fingerprint density at radius 2 is 1.81 bits per heavy atom. The Bertz CT molecular complexity index is 909. The molecule has 0 aliphatic rings. The number of anilines is 1. The van der Waals surface area contributed by atoms with Gasteiger partial charge in [-0.05, 0) is 49.6 Å². The predicted octanol–water partition coefficient (Wildman–Crippen LogP) is 3.66. The van der Waals surface area contributed by atoms with Crippen LogP contribution in [0.1, 0.15) is 24.5 Å². The summed E-state index contributed by atoms with van der Waals surface area (Å²) in [4.78, 5) is 12.2. The summed E-state index contributed by atoms with van der Waals surface area (Å²) in [6.45, 7) is 5.79. The number of hydrogen-bond acceptors (Lipinski definition) is 4. The highest BCUT2D eigenvalue weighted by atomic mass is 35.5. The van der Waals surface area contributed by atoms with Gasteiger partial charge < -0.3 is 10.1 Å². The Morgan fingerprint density at radius 1 is 1.15 bits per heavy atom. The lowest BCUT2D eigenvalue weighted by Crippen LogP contribution is -2.24. The molecule has 0 aliphatic heterocycles. The molecule has 0 saturated heterocycles. The van der Waals surface area contributed by atoms with E-state index in [2.05, 4.69) is 10.0 Å². The summed E-state index contributed by atoms with van der Waals surface area (Å²) < 4.78 is 32.1. The summed E-state index contributed by atoms with van der Waals surface area (Å²) in [5, 5.41) is 2.93. The van der Waals surface area contributed by atoms with Gasteiger partial charge in [0.15, 0.2) is 6.61 Å². The lowest BCUT2D eigenvalue weighted by atomic mass is 10.1. The average molecular weight is 411 g/mol. The second kappa shape index (κ2) is 9.21. The number of ether oxygens (including phenoxy) is 1. The van der Waals surface area contributed by atoms with Crippen molar-refractivity contribution in [2.75, 3.05) is 18.5 Å². The van der Waals surface area contributed by atoms with Gasteiger partial charge in [-0.1, -0.05) is 36.7 Å². The van der Waals surface area contributed by atoms with Gasteiger partial charge in [0.05, 0.1) is 9.92 Å². The van der Waals surface area contributed by atoms with Crippen LogP contribution in [0.2, 0.25) is 5.02 Å². The maximum Gasteiger partial charge on any atom is 0.262 e. The van der Waals surface area contributed by atoms with Crippen molar-refractivity contribution in [2.24, 2.45) is 0 Å². The quantitative estimate of drug-likeness (QED) is 0.695. The summed E-state index contributed by atoms with van der Waals surface area (Å²) in [7, 11) is -3.61. The van der Waals surface area contributed by atoms with Crippen LogP contribution >= 0.6 is 11.6 Å². The number of benzene rings is 2. The summed E-state index contributed by atoms with van der Waals surface area (Å²) in [5.74, 6) is -0.0902. The number of amides is 1. The summed E-state index contributed by atoms with van der Waals surface area (Å²) >= 11 is 6.11. The third-order valence-corrected chi connectivity index (χ3v) is 5.61. The zero-order valence-corrected chi connectivity index (χ0v) is 17.1. The lowest BCUT2D eigenvalue weighted by molar-refractivity contribution is -0.118. The number of halogens is 1. The number of nitrogens with one attached hydrogen (secondary N) is 2. The van der Waals surface area contributed by atoms with E-state index in [9.17, 15) is 13.2 Å². The van der Waals surface area contributed by atoms with Crippen LogP contribution in [-0.4, -0.2) is 27.5 Å². The zero-order chi connectivity index (χ0) is 20.0. The number of sulfonamides is 1. The van der Waals surface area contributed by atoms with Crippen molar-refractivity contribution >= 4 is 33.2 Å². The van der Waals surface area contributed by atoms with E-state index in [1.165, 1.54) is 18.2 Å². The van der Waals surface area contributed by atoms with Gasteiger partial charge in [0.2, 0.25) is 10.0 Å². The van der Waals surface area contributed by atoms with Crippen molar-refractivity contribution in [1.29, 1.82) is 0 Å². The minimum atomic E-state index is -3.61. The summed E-state index contributed by atoms with van der Waals surface area (Å²) in [6, 6.07) is 9.87. The molecule has 0 heterocycles. The molecule has 6 nitrogen and oxygen atoms in total. The molecule has 2 rings (SSSR count). The molecule has 0 aromatic heterocycles. The lowest BCUT2D eigenvalue weighted by Gasteiger charge is -2.13. The Balaban J connectivity index is 2.03. The second-order valence-electron chi connectivity index (χ2n) is 6.09. The van der Waals surface area contributed by atoms with Crippen LogP contribution in [0.5, 0.6) is 5.75 Å². The minimum absolute atomic E-state index is 0.0493. The van der Waals surface area contributed by atoms with Crippen molar-refractivity contribution in [1.82, 2.24) is 4.72 Å². The van der Waals surface area contributed by atoms with Crippen LogP contribution in [0, 0.1) is 13.8 Å². The molecule has 146 valence electrons. The molecule has 0 bridgehead atoms. The van der Waals surface area contributed by atoms with Gasteiger partial charge in [-0.2, -0.15) is 0 Å². The number of hydrogen-bond donors (Lipinski definition) is 2. The molecule has 1 amide bonds. The molecule has 0 spiro atoms. The first-order chi connectivity index (χ1) is 12.7. The third-order valence-electron chi connectivity index (χ3n) is 3.86. The van der Waals surface area contributed by atoms with Crippen molar-refractivity contribution in [3.05, 3.63) is 52.5 Å². The summed E-state index contributed by atoms with van der Waals surface area (Å²) in [6.07, 6.45) is 0.684. The van der Waals surface area contributed by atoms with Gasteiger partial charge in [-0.25, -0.2) is 13.1 Å². The van der Waals surface area contributed by atoms with E-state index in [4.69, 9.17) is 16.3 Å². The fourth-order valence-electron chi connectivity index (χ4n) is 2.42. The van der Waals surface area contributed by atoms with Crippen molar-refractivity contribution < 1.29 is 17.9 Å². The zero-order valence-electron chi connectivity index (χ0n) is 15.5. The third kappa shape index (κ3) is 5.69. The van der Waals surface area contributed by atoms with Crippen LogP contribution < -0.4 is 14.8 Å². The normalized spacial score (nSPS) is 11.3. The highest BCUT2D eigenvalue weighted by Gasteiger charge is 2.16. The smallest absolute Gasteiger partial charge is 0.262 e. The van der Waals surface area contributed by atoms with Crippen LogP contribution in [0.3, 0.4) is 0 Å². The number of para-hydroxylation sites is 1. The van der Waals surface area contributed by atoms with E-state index in [-0.39, 0.29) is 28.2 Å². The maximum absolute atomic E-state index is 12.2. The Kier molecular flexibility index (Phi) is 7.24. The monoisotopic (exact) mass is 410 g/mol. The predicted molar refractivity (Wildman–Crippen MR) is 107 cm³/mol. The molecule has 0 saturated carbocycles. The highest BCUT2D eigenvalue weighted by Crippen LogP contribution is 2.27. The molecule has 0 unspecified atom stereocenters. The average Bonchev–Trinajstić information content (AvgIpc) is 2.62. The van der Waals surface area contributed by atoms with Crippen molar-refractivity contribution in [3.63, 3.8) is 0 Å². The Labute approximate surface area is 164 Å². The fraction of sp³-hybridized carbons (Fsp3) is 0.316. The van der Waals surface area contributed by atoms with Crippen molar-refractivity contribution in [2.45, 2.75) is 32.1 Å². The second-order valence-corrected chi connectivity index (χ2v) is 8.27. The largest absolute Gasteiger partial charge is 0.482 e. The topological polar surface area (TPSA) is 84.5 Å². The molecule has 27 heavy (non-hydrogen) atoms. The summed E-state index contributed by atoms with van der Waals surface area (Å²) in [5.41, 5.74) is 2.66. The fourth-order valence-corrected chi connectivity index (χ4v) is 3.88. The van der Waals surface area contributed by atoms with Crippen LogP contribution in [0.25, 0.3) is 0 Å². The van der Waals surface area contributed by atoms with E-state index in [1.54, 1.807) is 0 Å². The maximum atomic E-state index is 12.2. The van der Waals surface area contributed by atoms with Gasteiger partial charge >= 0.3 is 0 Å².